The summed E-state index contributed by atoms with van der Waals surface area (Å²) in [5, 5.41) is 12.3. The van der Waals surface area contributed by atoms with Crippen molar-refractivity contribution in [2.75, 3.05) is 19.7 Å². The van der Waals surface area contributed by atoms with Crippen LogP contribution in [0.1, 0.15) is 49.7 Å². The van der Waals surface area contributed by atoms with Crippen LogP contribution in [0.15, 0.2) is 48.5 Å². The molecule has 1 saturated heterocycles. The second-order valence-electron chi connectivity index (χ2n) is 9.79. The van der Waals surface area contributed by atoms with Crippen molar-refractivity contribution in [1.29, 1.82) is 0 Å². The Bertz CT molecular complexity index is 1080. The predicted molar refractivity (Wildman–Crippen MR) is 126 cm³/mol. The van der Waals surface area contributed by atoms with Gasteiger partial charge in [0.15, 0.2) is 0 Å². The summed E-state index contributed by atoms with van der Waals surface area (Å²) in [6, 6.07) is 16.0. The van der Waals surface area contributed by atoms with Gasteiger partial charge in [0.05, 0.1) is 11.3 Å². The third kappa shape index (κ3) is 3.93. The number of fused-ring (bicyclic) bond motifs is 3. The number of rotatable bonds is 6. The number of likely N-dealkylation sites (tertiary alicyclic amines) is 1. The van der Waals surface area contributed by atoms with E-state index < -0.39 is 23.4 Å². The third-order valence-corrected chi connectivity index (χ3v) is 7.79. The van der Waals surface area contributed by atoms with Crippen LogP contribution in [0.4, 0.5) is 4.79 Å². The summed E-state index contributed by atoms with van der Waals surface area (Å²) in [6.07, 6.45) is 2.12. The molecule has 0 bridgehead atoms. The first-order valence-electron chi connectivity index (χ1n) is 12.0. The monoisotopic (exact) mass is 462 g/mol. The highest BCUT2D eigenvalue weighted by Crippen LogP contribution is 2.48. The van der Waals surface area contributed by atoms with Crippen molar-refractivity contribution in [2.24, 2.45) is 11.3 Å². The second kappa shape index (κ2) is 8.78. The maximum absolute atomic E-state index is 13.3. The molecule has 1 aliphatic heterocycles. The number of benzene rings is 2. The van der Waals surface area contributed by atoms with Crippen molar-refractivity contribution in [3.05, 3.63) is 59.7 Å². The number of ether oxygens (including phenoxy) is 1. The number of carbonyl (C=O) groups is 3. The minimum atomic E-state index is -0.855. The summed E-state index contributed by atoms with van der Waals surface area (Å²) in [6.45, 7) is 2.81. The number of hydrogen-bond donors (Lipinski definition) is 2. The van der Waals surface area contributed by atoms with Gasteiger partial charge in [-0.25, -0.2) is 4.79 Å². The van der Waals surface area contributed by atoms with Gasteiger partial charge in [0.1, 0.15) is 6.61 Å². The highest BCUT2D eigenvalue weighted by Gasteiger charge is 2.53. The SMILES string of the molecule is C[C@H]1[C@@H](C(=O)O)CCCN1C(=O)C1(CNC(=O)OCC2c3ccccc3-c3ccccc32)CC1. The molecule has 34 heavy (non-hydrogen) atoms. The number of carbonyl (C=O) groups excluding carboxylic acids is 2. The van der Waals surface area contributed by atoms with Crippen molar-refractivity contribution in [3.8, 4) is 11.1 Å². The summed E-state index contributed by atoms with van der Waals surface area (Å²) < 4.78 is 5.61. The van der Waals surface area contributed by atoms with Gasteiger partial charge in [-0.1, -0.05) is 48.5 Å². The Labute approximate surface area is 199 Å². The quantitative estimate of drug-likeness (QED) is 0.676. The van der Waals surface area contributed by atoms with Crippen molar-refractivity contribution in [3.63, 3.8) is 0 Å². The molecule has 2 aromatic carbocycles. The lowest BCUT2D eigenvalue weighted by atomic mass is 9.88. The van der Waals surface area contributed by atoms with Gasteiger partial charge >= 0.3 is 12.1 Å². The molecule has 2 fully saturated rings. The van der Waals surface area contributed by atoms with Crippen LogP contribution >= 0.6 is 0 Å². The van der Waals surface area contributed by atoms with Gasteiger partial charge in [-0.3, -0.25) is 9.59 Å². The molecular formula is C27H30N2O5. The summed E-state index contributed by atoms with van der Waals surface area (Å²) >= 11 is 0. The standard InChI is InChI=1S/C27H30N2O5/c1-17-18(24(30)31)11-6-14-29(17)25(32)27(12-13-27)16-28-26(33)34-15-23-21-9-4-2-7-19(21)20-8-3-5-10-22(20)23/h2-5,7-10,17-18,23H,6,11-16H2,1H3,(H,28,33)(H,30,31)/t17-,18-/m0/s1. The van der Waals surface area contributed by atoms with E-state index in [0.717, 1.165) is 11.1 Å². The first kappa shape index (κ1) is 22.4. The number of amides is 2. The molecule has 2 aromatic rings. The maximum atomic E-state index is 13.3. The van der Waals surface area contributed by atoms with Gasteiger partial charge < -0.3 is 20.1 Å². The first-order chi connectivity index (χ1) is 16.4. The number of nitrogens with zero attached hydrogens (tertiary/aromatic N) is 1. The molecule has 7 nitrogen and oxygen atoms in total. The van der Waals surface area contributed by atoms with Gasteiger partial charge in [-0.15, -0.1) is 0 Å². The van der Waals surface area contributed by atoms with E-state index in [1.54, 1.807) is 4.90 Å². The molecule has 3 aliphatic rings. The smallest absolute Gasteiger partial charge is 0.407 e. The Hall–Kier alpha value is -3.35. The average molecular weight is 463 g/mol. The average Bonchev–Trinajstić information content (AvgIpc) is 3.57. The van der Waals surface area contributed by atoms with E-state index in [9.17, 15) is 19.5 Å². The molecule has 5 rings (SSSR count). The Balaban J connectivity index is 1.19. The maximum Gasteiger partial charge on any atom is 0.407 e. The van der Waals surface area contributed by atoms with Crippen molar-refractivity contribution < 1.29 is 24.2 Å². The van der Waals surface area contributed by atoms with Crippen molar-refractivity contribution >= 4 is 18.0 Å². The van der Waals surface area contributed by atoms with Crippen LogP contribution in [0.3, 0.4) is 0 Å². The van der Waals surface area contributed by atoms with E-state index >= 15 is 0 Å². The fraction of sp³-hybridized carbons (Fsp3) is 0.444. The van der Waals surface area contributed by atoms with Crippen molar-refractivity contribution in [1.82, 2.24) is 10.2 Å². The Morgan fingerprint density at radius 3 is 2.26 bits per heavy atom. The predicted octanol–water partition coefficient (Wildman–Crippen LogP) is 4.02. The second-order valence-corrected chi connectivity index (χ2v) is 9.79. The highest BCUT2D eigenvalue weighted by molar-refractivity contribution is 5.87. The number of alkyl carbamates (subject to hydrolysis) is 1. The molecule has 0 aromatic heterocycles. The zero-order valence-electron chi connectivity index (χ0n) is 19.3. The lowest BCUT2D eigenvalue weighted by Gasteiger charge is -2.39. The van der Waals surface area contributed by atoms with Crippen molar-refractivity contribution in [2.45, 2.75) is 44.6 Å². The molecule has 7 heteroatoms. The fourth-order valence-corrected chi connectivity index (χ4v) is 5.57. The third-order valence-electron chi connectivity index (χ3n) is 7.79. The van der Waals surface area contributed by atoms with E-state index in [4.69, 9.17) is 4.74 Å². The van der Waals surface area contributed by atoms with E-state index in [0.29, 0.717) is 32.2 Å². The Morgan fingerprint density at radius 1 is 1.06 bits per heavy atom. The molecule has 2 amide bonds. The minimum absolute atomic E-state index is 0.0168. The number of aliphatic carboxylic acids is 1. The first-order valence-corrected chi connectivity index (χ1v) is 12.0. The van der Waals surface area contributed by atoms with E-state index in [-0.39, 0.29) is 31.0 Å². The summed E-state index contributed by atoms with van der Waals surface area (Å²) in [7, 11) is 0. The summed E-state index contributed by atoms with van der Waals surface area (Å²) in [5.74, 6) is -1.46. The topological polar surface area (TPSA) is 95.9 Å². The molecule has 0 radical (unpaired) electrons. The van der Waals surface area contributed by atoms with E-state index in [1.165, 1.54) is 11.1 Å². The number of carboxylic acids is 1. The lowest BCUT2D eigenvalue weighted by molar-refractivity contribution is -0.151. The van der Waals surface area contributed by atoms with Crippen LogP contribution in [0, 0.1) is 11.3 Å². The van der Waals surface area contributed by atoms with Gasteiger partial charge in [0, 0.05) is 25.0 Å². The lowest BCUT2D eigenvalue weighted by Crippen LogP contribution is -2.53. The molecule has 0 spiro atoms. The van der Waals surface area contributed by atoms with Gasteiger partial charge in [0.2, 0.25) is 5.91 Å². The number of piperidine rings is 1. The molecular weight excluding hydrogens is 432 g/mol. The molecule has 0 unspecified atom stereocenters. The number of nitrogens with one attached hydrogen (secondary N) is 1. The van der Waals surface area contributed by atoms with Gasteiger partial charge in [0.25, 0.3) is 0 Å². The van der Waals surface area contributed by atoms with Crippen LogP contribution in [-0.4, -0.2) is 53.7 Å². The molecule has 178 valence electrons. The Kier molecular flexibility index (Phi) is 5.80. The summed E-state index contributed by atoms with van der Waals surface area (Å²) in [4.78, 5) is 39.1. The summed E-state index contributed by atoms with van der Waals surface area (Å²) in [5.41, 5.74) is 4.00. The highest BCUT2D eigenvalue weighted by atomic mass is 16.5. The number of carboxylic acid groups (broad SMARTS) is 1. The van der Waals surface area contributed by atoms with E-state index in [2.05, 4.69) is 29.6 Å². The molecule has 2 N–H and O–H groups in total. The zero-order chi connectivity index (χ0) is 23.9. The van der Waals surface area contributed by atoms with Crippen LogP contribution < -0.4 is 5.32 Å². The minimum Gasteiger partial charge on any atom is -0.481 e. The Morgan fingerprint density at radius 2 is 1.68 bits per heavy atom. The van der Waals surface area contributed by atoms with Gasteiger partial charge in [-0.05, 0) is 54.9 Å². The number of hydrogen-bond acceptors (Lipinski definition) is 4. The molecule has 2 aliphatic carbocycles. The molecule has 1 saturated carbocycles. The molecule has 1 heterocycles. The fourth-order valence-electron chi connectivity index (χ4n) is 5.57. The van der Waals surface area contributed by atoms with Crippen LogP contribution in [-0.2, 0) is 14.3 Å². The van der Waals surface area contributed by atoms with E-state index in [1.807, 2.05) is 31.2 Å². The largest absolute Gasteiger partial charge is 0.481 e. The zero-order valence-corrected chi connectivity index (χ0v) is 19.3. The van der Waals surface area contributed by atoms with Crippen LogP contribution in [0.25, 0.3) is 11.1 Å². The van der Waals surface area contributed by atoms with Crippen LogP contribution in [0.5, 0.6) is 0 Å². The van der Waals surface area contributed by atoms with Gasteiger partial charge in [-0.2, -0.15) is 0 Å². The van der Waals surface area contributed by atoms with Crippen LogP contribution in [0.2, 0.25) is 0 Å². The normalized spacial score (nSPS) is 22.4. The molecule has 2 atom stereocenters.